The van der Waals surface area contributed by atoms with E-state index in [2.05, 4.69) is 15.1 Å². The Morgan fingerprint density at radius 2 is 1.97 bits per heavy atom. The van der Waals surface area contributed by atoms with E-state index in [1.54, 1.807) is 35.2 Å². The minimum atomic E-state index is -0.714. The number of aryl methyl sites for hydroxylation is 2. The number of benzene rings is 1. The SMILES string of the molecule is Cc1noc(CC2C(=O)N(Cc3ccccc3)CCN2C(=O)c2cnccc2C)n1. The number of piperazine rings is 1. The fraction of sp³-hybridized carbons (Fsp3) is 0.318. The highest BCUT2D eigenvalue weighted by atomic mass is 16.5. The van der Waals surface area contributed by atoms with E-state index in [9.17, 15) is 9.59 Å². The summed E-state index contributed by atoms with van der Waals surface area (Å²) in [6, 6.07) is 10.9. The standard InChI is InChI=1S/C22H23N5O3/c1-15-8-9-23-13-18(15)21(28)27-11-10-26(14-17-6-4-3-5-7-17)22(29)19(27)12-20-24-16(2)25-30-20/h3-9,13,19H,10-12,14H2,1-2H3. The van der Waals surface area contributed by atoms with E-state index in [0.717, 1.165) is 11.1 Å². The van der Waals surface area contributed by atoms with Gasteiger partial charge in [-0.25, -0.2) is 0 Å². The maximum absolute atomic E-state index is 13.4. The zero-order chi connectivity index (χ0) is 21.1. The molecule has 154 valence electrons. The lowest BCUT2D eigenvalue weighted by Gasteiger charge is -2.40. The molecule has 8 nitrogen and oxygen atoms in total. The Labute approximate surface area is 174 Å². The lowest BCUT2D eigenvalue weighted by molar-refractivity contribution is -0.141. The number of nitrogens with zero attached hydrogens (tertiary/aromatic N) is 5. The first kappa shape index (κ1) is 19.8. The van der Waals surface area contributed by atoms with Gasteiger partial charge >= 0.3 is 0 Å². The maximum Gasteiger partial charge on any atom is 0.256 e. The van der Waals surface area contributed by atoms with Crippen LogP contribution in [0.2, 0.25) is 0 Å². The van der Waals surface area contributed by atoms with Gasteiger partial charge in [-0.15, -0.1) is 0 Å². The lowest BCUT2D eigenvalue weighted by atomic mass is 10.0. The van der Waals surface area contributed by atoms with Crippen LogP contribution in [0, 0.1) is 13.8 Å². The molecular weight excluding hydrogens is 382 g/mol. The average Bonchev–Trinajstić information content (AvgIpc) is 3.16. The van der Waals surface area contributed by atoms with Crippen LogP contribution in [0.25, 0.3) is 0 Å². The highest BCUT2D eigenvalue weighted by molar-refractivity contribution is 5.99. The third kappa shape index (κ3) is 4.07. The van der Waals surface area contributed by atoms with Gasteiger partial charge in [0.2, 0.25) is 11.8 Å². The summed E-state index contributed by atoms with van der Waals surface area (Å²) >= 11 is 0. The maximum atomic E-state index is 13.4. The van der Waals surface area contributed by atoms with Crippen molar-refractivity contribution >= 4 is 11.8 Å². The highest BCUT2D eigenvalue weighted by Crippen LogP contribution is 2.21. The molecule has 30 heavy (non-hydrogen) atoms. The molecule has 8 heteroatoms. The molecule has 1 fully saturated rings. The zero-order valence-electron chi connectivity index (χ0n) is 17.0. The minimum Gasteiger partial charge on any atom is -0.339 e. The Hall–Kier alpha value is -3.55. The van der Waals surface area contributed by atoms with Crippen molar-refractivity contribution in [2.24, 2.45) is 0 Å². The van der Waals surface area contributed by atoms with Crippen LogP contribution in [0.5, 0.6) is 0 Å². The van der Waals surface area contributed by atoms with Gasteiger partial charge in [-0.2, -0.15) is 4.98 Å². The minimum absolute atomic E-state index is 0.129. The van der Waals surface area contributed by atoms with Crippen molar-refractivity contribution in [3.05, 3.63) is 77.2 Å². The van der Waals surface area contributed by atoms with Crippen molar-refractivity contribution in [2.75, 3.05) is 13.1 Å². The highest BCUT2D eigenvalue weighted by Gasteiger charge is 2.39. The van der Waals surface area contributed by atoms with Crippen molar-refractivity contribution in [3.8, 4) is 0 Å². The molecule has 0 spiro atoms. The van der Waals surface area contributed by atoms with Crippen molar-refractivity contribution in [2.45, 2.75) is 32.9 Å². The van der Waals surface area contributed by atoms with Crippen LogP contribution in [0.1, 0.15) is 33.2 Å². The van der Waals surface area contributed by atoms with Crippen LogP contribution >= 0.6 is 0 Å². The van der Waals surface area contributed by atoms with Crippen LogP contribution in [0.3, 0.4) is 0 Å². The van der Waals surface area contributed by atoms with E-state index in [0.29, 0.717) is 36.9 Å². The molecule has 1 aliphatic heterocycles. The van der Waals surface area contributed by atoms with Gasteiger partial charge in [0.15, 0.2) is 5.82 Å². The number of pyridine rings is 1. The van der Waals surface area contributed by atoms with Crippen molar-refractivity contribution in [1.29, 1.82) is 0 Å². The summed E-state index contributed by atoms with van der Waals surface area (Å²) in [4.78, 5) is 38.4. The number of aromatic nitrogens is 3. The number of hydrogen-bond acceptors (Lipinski definition) is 6. The van der Waals surface area contributed by atoms with Gasteiger partial charge < -0.3 is 14.3 Å². The molecule has 0 N–H and O–H groups in total. The molecule has 4 rings (SSSR count). The second-order valence-corrected chi connectivity index (χ2v) is 7.39. The molecule has 1 aliphatic rings. The molecule has 2 amide bonds. The second-order valence-electron chi connectivity index (χ2n) is 7.39. The van der Waals surface area contributed by atoms with Gasteiger partial charge in [0, 0.05) is 32.0 Å². The van der Waals surface area contributed by atoms with Gasteiger partial charge in [0.05, 0.1) is 12.0 Å². The van der Waals surface area contributed by atoms with Crippen molar-refractivity contribution in [1.82, 2.24) is 24.9 Å². The van der Waals surface area contributed by atoms with E-state index in [-0.39, 0.29) is 18.2 Å². The molecule has 3 heterocycles. The van der Waals surface area contributed by atoms with E-state index < -0.39 is 6.04 Å². The van der Waals surface area contributed by atoms with Gasteiger partial charge in [-0.1, -0.05) is 35.5 Å². The van der Waals surface area contributed by atoms with Crippen molar-refractivity contribution in [3.63, 3.8) is 0 Å². The van der Waals surface area contributed by atoms with Crippen LogP contribution in [-0.2, 0) is 17.8 Å². The van der Waals surface area contributed by atoms with Gasteiger partial charge in [0.25, 0.3) is 5.91 Å². The van der Waals surface area contributed by atoms with Crippen LogP contribution in [0.15, 0.2) is 53.3 Å². The predicted molar refractivity (Wildman–Crippen MR) is 108 cm³/mol. The van der Waals surface area contributed by atoms with E-state index in [1.807, 2.05) is 37.3 Å². The first-order valence-electron chi connectivity index (χ1n) is 9.86. The molecule has 3 aromatic rings. The topological polar surface area (TPSA) is 92.4 Å². The van der Waals surface area contributed by atoms with Gasteiger partial charge in [-0.3, -0.25) is 14.6 Å². The number of amides is 2. The Kier molecular flexibility index (Phi) is 5.56. The Morgan fingerprint density at radius 3 is 2.67 bits per heavy atom. The molecule has 1 saturated heterocycles. The molecule has 0 saturated carbocycles. The summed E-state index contributed by atoms with van der Waals surface area (Å²) in [5, 5.41) is 3.81. The second kappa shape index (κ2) is 8.44. The molecular formula is C22H23N5O3. The van der Waals surface area contributed by atoms with Crippen LogP contribution in [-0.4, -0.2) is 55.9 Å². The van der Waals surface area contributed by atoms with Crippen LogP contribution < -0.4 is 0 Å². The largest absolute Gasteiger partial charge is 0.339 e. The predicted octanol–water partition coefficient (Wildman–Crippen LogP) is 2.18. The lowest BCUT2D eigenvalue weighted by Crippen LogP contribution is -2.59. The van der Waals surface area contributed by atoms with Gasteiger partial charge in [-0.05, 0) is 31.0 Å². The molecule has 1 unspecified atom stereocenters. The zero-order valence-corrected chi connectivity index (χ0v) is 17.0. The molecule has 2 aromatic heterocycles. The molecule has 0 aliphatic carbocycles. The number of carbonyl (C=O) groups is 2. The van der Waals surface area contributed by atoms with E-state index >= 15 is 0 Å². The molecule has 1 atom stereocenters. The first-order chi connectivity index (χ1) is 14.5. The first-order valence-corrected chi connectivity index (χ1v) is 9.86. The summed E-state index contributed by atoms with van der Waals surface area (Å²) < 4.78 is 5.24. The fourth-order valence-electron chi connectivity index (χ4n) is 3.67. The van der Waals surface area contributed by atoms with E-state index in [4.69, 9.17) is 4.52 Å². The molecule has 1 aromatic carbocycles. The Morgan fingerprint density at radius 1 is 1.17 bits per heavy atom. The average molecular weight is 405 g/mol. The number of carbonyl (C=O) groups excluding carboxylic acids is 2. The summed E-state index contributed by atoms with van der Waals surface area (Å²) in [6.45, 7) is 4.95. The number of hydrogen-bond donors (Lipinski definition) is 0. The molecule has 0 bridgehead atoms. The third-order valence-corrected chi connectivity index (χ3v) is 5.27. The number of rotatable bonds is 5. The quantitative estimate of drug-likeness (QED) is 0.646. The van der Waals surface area contributed by atoms with Gasteiger partial charge in [0.1, 0.15) is 6.04 Å². The van der Waals surface area contributed by atoms with E-state index in [1.165, 1.54) is 0 Å². The Balaban J connectivity index is 1.61. The fourth-order valence-corrected chi connectivity index (χ4v) is 3.67. The summed E-state index contributed by atoms with van der Waals surface area (Å²) in [5.74, 6) is 0.494. The van der Waals surface area contributed by atoms with Crippen molar-refractivity contribution < 1.29 is 14.1 Å². The summed E-state index contributed by atoms with van der Waals surface area (Å²) in [6.07, 6.45) is 3.37. The molecule has 0 radical (unpaired) electrons. The summed E-state index contributed by atoms with van der Waals surface area (Å²) in [7, 11) is 0. The normalized spacial score (nSPS) is 16.7. The monoisotopic (exact) mass is 405 g/mol. The smallest absolute Gasteiger partial charge is 0.256 e. The van der Waals surface area contributed by atoms with Crippen LogP contribution in [0.4, 0.5) is 0 Å². The summed E-state index contributed by atoms with van der Waals surface area (Å²) in [5.41, 5.74) is 2.36. The third-order valence-electron chi connectivity index (χ3n) is 5.27. The Bertz CT molecular complexity index is 1050.